The molecule has 2 aliphatic rings. The topological polar surface area (TPSA) is 34.1 Å². The van der Waals surface area contributed by atoms with Gasteiger partial charge in [-0.3, -0.25) is 4.98 Å². The summed E-state index contributed by atoms with van der Waals surface area (Å²) in [7, 11) is 0. The molecule has 1 N–H and O–H groups in total. The summed E-state index contributed by atoms with van der Waals surface area (Å²) in [5.41, 5.74) is 5.64. The monoisotopic (exact) mass is 332 g/mol. The number of dihydropyridines is 1. The maximum atomic E-state index is 6.06. The molecule has 2 aromatic rings. The number of allylic oxidation sites excluding steroid dienone is 3. The number of aromatic nitrogens is 1. The van der Waals surface area contributed by atoms with Gasteiger partial charge in [-0.2, -0.15) is 0 Å². The minimum Gasteiger partial charge on any atom is -0.493 e. The second-order valence-electron chi connectivity index (χ2n) is 7.03. The Kier molecular flexibility index (Phi) is 4.31. The van der Waals surface area contributed by atoms with Crippen molar-refractivity contribution in [3.8, 4) is 17.0 Å². The Labute approximate surface area is 149 Å². The molecule has 0 bridgehead atoms. The summed E-state index contributed by atoms with van der Waals surface area (Å²) in [5, 5.41) is 3.52. The fourth-order valence-electron chi connectivity index (χ4n) is 3.14. The van der Waals surface area contributed by atoms with Crippen molar-refractivity contribution in [3.05, 3.63) is 71.6 Å². The summed E-state index contributed by atoms with van der Waals surface area (Å²) in [6, 6.07) is 10.7. The molecule has 1 aliphatic heterocycles. The van der Waals surface area contributed by atoms with Crippen LogP contribution in [0.15, 0.2) is 60.5 Å². The lowest BCUT2D eigenvalue weighted by atomic mass is 9.97. The van der Waals surface area contributed by atoms with Gasteiger partial charge in [0.05, 0.1) is 18.3 Å². The van der Waals surface area contributed by atoms with Gasteiger partial charge in [0, 0.05) is 23.0 Å². The van der Waals surface area contributed by atoms with Crippen molar-refractivity contribution in [2.24, 2.45) is 5.92 Å². The first kappa shape index (κ1) is 15.9. The van der Waals surface area contributed by atoms with E-state index in [1.54, 1.807) is 0 Å². The van der Waals surface area contributed by atoms with Gasteiger partial charge in [0.25, 0.3) is 0 Å². The largest absolute Gasteiger partial charge is 0.493 e. The van der Waals surface area contributed by atoms with E-state index in [0.29, 0.717) is 0 Å². The second kappa shape index (κ2) is 6.75. The number of ether oxygens (including phenoxy) is 1. The molecule has 2 heterocycles. The Morgan fingerprint density at radius 1 is 1.20 bits per heavy atom. The first-order valence-corrected chi connectivity index (χ1v) is 9.01. The van der Waals surface area contributed by atoms with Crippen LogP contribution in [0, 0.1) is 12.8 Å². The highest BCUT2D eigenvalue weighted by atomic mass is 16.5. The van der Waals surface area contributed by atoms with Gasteiger partial charge in [-0.05, 0) is 56.4 Å². The van der Waals surface area contributed by atoms with Crippen molar-refractivity contribution in [1.29, 1.82) is 0 Å². The van der Waals surface area contributed by atoms with Gasteiger partial charge in [0.2, 0.25) is 0 Å². The van der Waals surface area contributed by atoms with E-state index in [4.69, 9.17) is 4.74 Å². The molecule has 1 aromatic carbocycles. The Morgan fingerprint density at radius 2 is 2.08 bits per heavy atom. The molecule has 128 valence electrons. The van der Waals surface area contributed by atoms with Crippen LogP contribution in [0.1, 0.15) is 36.9 Å². The Morgan fingerprint density at radius 3 is 2.88 bits per heavy atom. The van der Waals surface area contributed by atoms with Crippen LogP contribution in [-0.4, -0.2) is 11.6 Å². The fraction of sp³-hybridized carbons (Fsp3) is 0.318. The minimum absolute atomic E-state index is 0.144. The SMILES string of the molecule is CC1=CC=CC(c2cccnc2-c2ccc(C)c(OCC3CC3)c2)N1. The van der Waals surface area contributed by atoms with Gasteiger partial charge in [-0.15, -0.1) is 0 Å². The van der Waals surface area contributed by atoms with E-state index in [2.05, 4.69) is 66.6 Å². The second-order valence-corrected chi connectivity index (χ2v) is 7.03. The summed E-state index contributed by atoms with van der Waals surface area (Å²) in [4.78, 5) is 4.68. The highest BCUT2D eigenvalue weighted by molar-refractivity contribution is 5.67. The molecule has 3 heteroatoms. The zero-order valence-corrected chi connectivity index (χ0v) is 14.8. The molecular weight excluding hydrogens is 308 g/mol. The van der Waals surface area contributed by atoms with E-state index < -0.39 is 0 Å². The van der Waals surface area contributed by atoms with Crippen molar-refractivity contribution in [3.63, 3.8) is 0 Å². The van der Waals surface area contributed by atoms with Crippen LogP contribution in [0.3, 0.4) is 0 Å². The molecule has 4 rings (SSSR count). The normalized spacial score (nSPS) is 19.3. The van der Waals surface area contributed by atoms with Crippen LogP contribution in [0.4, 0.5) is 0 Å². The minimum atomic E-state index is 0.144. The van der Waals surface area contributed by atoms with Crippen LogP contribution in [-0.2, 0) is 0 Å². The molecule has 0 saturated heterocycles. The molecule has 1 unspecified atom stereocenters. The molecule has 3 nitrogen and oxygen atoms in total. The maximum Gasteiger partial charge on any atom is 0.122 e. The third-order valence-electron chi connectivity index (χ3n) is 4.84. The third kappa shape index (κ3) is 3.60. The third-order valence-corrected chi connectivity index (χ3v) is 4.84. The molecule has 1 atom stereocenters. The lowest BCUT2D eigenvalue weighted by Crippen LogP contribution is -2.20. The van der Waals surface area contributed by atoms with Crippen molar-refractivity contribution >= 4 is 0 Å². The van der Waals surface area contributed by atoms with Crippen LogP contribution < -0.4 is 10.1 Å². The fourth-order valence-corrected chi connectivity index (χ4v) is 3.14. The average Bonchev–Trinajstić information content (AvgIpc) is 3.45. The van der Waals surface area contributed by atoms with Crippen LogP contribution in [0.2, 0.25) is 0 Å². The van der Waals surface area contributed by atoms with E-state index in [0.717, 1.165) is 29.5 Å². The molecule has 0 amide bonds. The molecule has 1 aromatic heterocycles. The van der Waals surface area contributed by atoms with Crippen LogP contribution >= 0.6 is 0 Å². The first-order valence-electron chi connectivity index (χ1n) is 9.01. The van der Waals surface area contributed by atoms with E-state index in [-0.39, 0.29) is 6.04 Å². The number of hydrogen-bond acceptors (Lipinski definition) is 3. The molecule has 1 fully saturated rings. The first-order chi connectivity index (χ1) is 12.2. The van der Waals surface area contributed by atoms with Gasteiger partial charge in [-0.25, -0.2) is 0 Å². The van der Waals surface area contributed by atoms with Gasteiger partial charge >= 0.3 is 0 Å². The zero-order valence-electron chi connectivity index (χ0n) is 14.8. The van der Waals surface area contributed by atoms with Gasteiger partial charge in [-0.1, -0.05) is 30.4 Å². The lowest BCUT2D eigenvalue weighted by Gasteiger charge is -2.22. The number of pyridine rings is 1. The molecular formula is C22H24N2O. The molecule has 25 heavy (non-hydrogen) atoms. The number of hydrogen-bond donors (Lipinski definition) is 1. The number of aryl methyl sites for hydroxylation is 1. The number of benzene rings is 1. The number of nitrogens with one attached hydrogen (secondary N) is 1. The summed E-state index contributed by atoms with van der Waals surface area (Å²) in [6.07, 6.45) is 10.8. The smallest absolute Gasteiger partial charge is 0.122 e. The summed E-state index contributed by atoms with van der Waals surface area (Å²) >= 11 is 0. The van der Waals surface area contributed by atoms with Crippen molar-refractivity contribution < 1.29 is 4.74 Å². The van der Waals surface area contributed by atoms with Crippen LogP contribution in [0.25, 0.3) is 11.3 Å². The van der Waals surface area contributed by atoms with Gasteiger partial charge in [0.15, 0.2) is 0 Å². The van der Waals surface area contributed by atoms with E-state index in [9.17, 15) is 0 Å². The van der Waals surface area contributed by atoms with E-state index in [1.165, 1.54) is 29.7 Å². The van der Waals surface area contributed by atoms with Crippen molar-refractivity contribution in [1.82, 2.24) is 10.3 Å². The Balaban J connectivity index is 1.66. The van der Waals surface area contributed by atoms with E-state index in [1.807, 2.05) is 12.3 Å². The van der Waals surface area contributed by atoms with Gasteiger partial charge < -0.3 is 10.1 Å². The van der Waals surface area contributed by atoms with Crippen molar-refractivity contribution in [2.45, 2.75) is 32.7 Å². The van der Waals surface area contributed by atoms with Gasteiger partial charge in [0.1, 0.15) is 5.75 Å². The highest BCUT2D eigenvalue weighted by Crippen LogP contribution is 2.34. The van der Waals surface area contributed by atoms with Crippen LogP contribution in [0.5, 0.6) is 5.75 Å². The summed E-state index contributed by atoms with van der Waals surface area (Å²) < 4.78 is 6.06. The van der Waals surface area contributed by atoms with E-state index >= 15 is 0 Å². The standard InChI is InChI=1S/C22H24N2O/c1-15-8-11-18(13-21(15)25-14-17-9-10-17)22-19(6-4-12-23-22)20-7-3-5-16(2)24-20/h3-8,11-13,17,20,24H,9-10,14H2,1-2H3. The lowest BCUT2D eigenvalue weighted by molar-refractivity contribution is 0.298. The quantitative estimate of drug-likeness (QED) is 0.841. The molecule has 1 saturated carbocycles. The Bertz CT molecular complexity index is 834. The zero-order chi connectivity index (χ0) is 17.2. The van der Waals surface area contributed by atoms with Crippen molar-refractivity contribution in [2.75, 3.05) is 6.61 Å². The molecule has 0 spiro atoms. The molecule has 0 radical (unpaired) electrons. The number of nitrogens with zero attached hydrogens (tertiary/aromatic N) is 1. The summed E-state index contributed by atoms with van der Waals surface area (Å²) in [5.74, 6) is 1.73. The number of rotatable bonds is 5. The predicted octanol–water partition coefficient (Wildman–Crippen LogP) is 4.95. The predicted molar refractivity (Wildman–Crippen MR) is 101 cm³/mol. The maximum absolute atomic E-state index is 6.06. The molecule has 1 aliphatic carbocycles. The summed E-state index contributed by atoms with van der Waals surface area (Å²) in [6.45, 7) is 5.02. The average molecular weight is 332 g/mol. The highest BCUT2D eigenvalue weighted by Gasteiger charge is 2.22. The Hall–Kier alpha value is -2.55.